The number of unbranched alkanes of at least 4 members (excludes halogenated alkanes) is 17. The van der Waals surface area contributed by atoms with Crippen LogP contribution >= 0.6 is 0 Å². The Kier molecular flexibility index (Phi) is 47.4. The maximum absolute atomic E-state index is 5.79. The Hall–Kier alpha value is -1.38. The average molecular weight is 857 g/mol. The van der Waals surface area contributed by atoms with Crippen LogP contribution in [-0.2, 0) is 53.8 Å². The van der Waals surface area contributed by atoms with Crippen LogP contribution in [0.5, 0.6) is 5.75 Å². The summed E-state index contributed by atoms with van der Waals surface area (Å²) < 4.78 is 61.5. The van der Waals surface area contributed by atoms with Crippen LogP contribution in [0.25, 0.3) is 0 Å². The Morgan fingerprint density at radius 2 is 0.500 bits per heavy atom. The molecule has 0 unspecified atom stereocenters. The predicted molar refractivity (Wildman–Crippen MR) is 243 cm³/mol. The predicted octanol–water partition coefficient (Wildman–Crippen LogP) is 10.2. The van der Waals surface area contributed by atoms with Gasteiger partial charge in [-0.25, -0.2) is 0 Å². The molecule has 0 saturated carbocycles. The molecule has 0 aliphatic heterocycles. The summed E-state index contributed by atoms with van der Waals surface area (Å²) in [7, 11) is 0. The highest BCUT2D eigenvalue weighted by Gasteiger charge is 2.00. The number of benzene rings is 1. The van der Waals surface area contributed by atoms with E-state index < -0.39 is 0 Å². The number of aryl methyl sites for hydroxylation is 1. The van der Waals surface area contributed by atoms with Gasteiger partial charge in [-0.2, -0.15) is 0 Å². The molecular formula is C49H92O11. The first-order valence-electron chi connectivity index (χ1n) is 24.4. The summed E-state index contributed by atoms with van der Waals surface area (Å²) in [5.41, 5.74) is 1.38. The molecule has 60 heavy (non-hydrogen) atoms. The lowest BCUT2D eigenvalue weighted by Gasteiger charge is -2.09. The van der Waals surface area contributed by atoms with Crippen molar-refractivity contribution in [1.29, 1.82) is 0 Å². The largest absolute Gasteiger partial charge is 0.491 e. The van der Waals surface area contributed by atoms with Gasteiger partial charge in [0, 0.05) is 6.61 Å². The van der Waals surface area contributed by atoms with Crippen molar-refractivity contribution in [3.63, 3.8) is 0 Å². The second-order valence-corrected chi connectivity index (χ2v) is 15.4. The molecule has 0 fully saturated rings. The van der Waals surface area contributed by atoms with Crippen LogP contribution in [0.2, 0.25) is 0 Å². The van der Waals surface area contributed by atoms with Crippen molar-refractivity contribution in [2.24, 2.45) is 0 Å². The summed E-state index contributed by atoms with van der Waals surface area (Å²) in [6.07, 6.45) is 26.9. The van der Waals surface area contributed by atoms with E-state index >= 15 is 0 Å². The Morgan fingerprint density at radius 1 is 0.250 bits per heavy atom. The van der Waals surface area contributed by atoms with Crippen LogP contribution in [-0.4, -0.2) is 139 Å². The summed E-state index contributed by atoms with van der Waals surface area (Å²) in [6.45, 7) is 16.2. The first-order valence-corrected chi connectivity index (χ1v) is 24.4. The van der Waals surface area contributed by atoms with Crippen LogP contribution in [0, 0.1) is 0 Å². The second-order valence-electron chi connectivity index (χ2n) is 15.4. The number of hydrogen-bond acceptors (Lipinski definition) is 11. The zero-order valence-electron chi connectivity index (χ0n) is 38.8. The SMILES string of the molecule is CCCCCCCCCCCCCCCOCCOCCOCCOCCOCCOCCOCCOCCOCCOCCOc1ccc(CCCCCCCC)cc1. The third-order valence-corrected chi connectivity index (χ3v) is 9.98. The summed E-state index contributed by atoms with van der Waals surface area (Å²) in [4.78, 5) is 0. The van der Waals surface area contributed by atoms with Gasteiger partial charge in [0.25, 0.3) is 0 Å². The molecule has 0 heterocycles. The van der Waals surface area contributed by atoms with Crippen molar-refractivity contribution in [2.45, 2.75) is 142 Å². The summed E-state index contributed by atoms with van der Waals surface area (Å²) in [6, 6.07) is 8.46. The standard InChI is InChI=1S/C49H92O11/c1-3-5-7-9-11-12-13-14-15-16-17-19-21-27-50-28-29-51-30-31-52-32-33-53-34-35-54-36-37-55-38-39-56-40-41-57-42-43-58-44-45-59-46-47-60-49-25-23-48(24-26-49)22-20-18-10-8-6-4-2/h23-26H,3-22,27-47H2,1-2H3. The minimum atomic E-state index is 0.521. The molecule has 0 bridgehead atoms. The van der Waals surface area contributed by atoms with Gasteiger partial charge in [-0.15, -0.1) is 0 Å². The van der Waals surface area contributed by atoms with Crippen LogP contribution in [0.15, 0.2) is 24.3 Å². The minimum Gasteiger partial charge on any atom is -0.491 e. The normalized spacial score (nSPS) is 11.6. The third kappa shape index (κ3) is 44.7. The number of hydrogen-bond donors (Lipinski definition) is 0. The fourth-order valence-corrected chi connectivity index (χ4v) is 6.38. The van der Waals surface area contributed by atoms with E-state index in [9.17, 15) is 0 Å². The van der Waals surface area contributed by atoms with Gasteiger partial charge in [0.05, 0.1) is 126 Å². The van der Waals surface area contributed by atoms with E-state index in [0.717, 1.165) is 25.2 Å². The van der Waals surface area contributed by atoms with Gasteiger partial charge < -0.3 is 52.1 Å². The average Bonchev–Trinajstić information content (AvgIpc) is 3.26. The molecule has 0 aromatic heterocycles. The lowest BCUT2D eigenvalue weighted by molar-refractivity contribution is -0.0267. The van der Waals surface area contributed by atoms with Crippen molar-refractivity contribution < 1.29 is 52.1 Å². The Morgan fingerprint density at radius 3 is 0.817 bits per heavy atom. The van der Waals surface area contributed by atoms with E-state index in [1.807, 2.05) is 0 Å². The monoisotopic (exact) mass is 857 g/mol. The van der Waals surface area contributed by atoms with Crippen molar-refractivity contribution in [3.8, 4) is 5.75 Å². The smallest absolute Gasteiger partial charge is 0.119 e. The van der Waals surface area contributed by atoms with Crippen LogP contribution in [0.4, 0.5) is 0 Å². The molecule has 11 nitrogen and oxygen atoms in total. The van der Waals surface area contributed by atoms with Gasteiger partial charge >= 0.3 is 0 Å². The molecule has 0 amide bonds. The quantitative estimate of drug-likeness (QED) is 0.0586. The highest BCUT2D eigenvalue weighted by Crippen LogP contribution is 2.15. The van der Waals surface area contributed by atoms with E-state index in [4.69, 9.17) is 52.1 Å². The lowest BCUT2D eigenvalue weighted by atomic mass is 10.0. The Labute approximate surface area is 367 Å². The van der Waals surface area contributed by atoms with Crippen LogP contribution in [0.1, 0.15) is 141 Å². The molecular weight excluding hydrogens is 765 g/mol. The third-order valence-electron chi connectivity index (χ3n) is 9.98. The molecule has 0 aliphatic carbocycles. The molecule has 1 rings (SSSR count). The fraction of sp³-hybridized carbons (Fsp3) is 0.878. The van der Waals surface area contributed by atoms with E-state index in [0.29, 0.717) is 132 Å². The topological polar surface area (TPSA) is 102 Å². The first kappa shape index (κ1) is 56.6. The van der Waals surface area contributed by atoms with Crippen molar-refractivity contribution in [1.82, 2.24) is 0 Å². The summed E-state index contributed by atoms with van der Waals surface area (Å²) in [5, 5.41) is 0. The van der Waals surface area contributed by atoms with E-state index in [-0.39, 0.29) is 0 Å². The van der Waals surface area contributed by atoms with Crippen molar-refractivity contribution in [3.05, 3.63) is 29.8 Å². The molecule has 0 aliphatic rings. The molecule has 0 atom stereocenters. The number of rotatable bonds is 52. The van der Waals surface area contributed by atoms with Gasteiger partial charge in [-0.3, -0.25) is 0 Å². The molecule has 1 aromatic carbocycles. The Balaban J connectivity index is 1.65. The fourth-order valence-electron chi connectivity index (χ4n) is 6.38. The number of ether oxygens (including phenoxy) is 11. The zero-order chi connectivity index (χ0) is 42.8. The van der Waals surface area contributed by atoms with E-state index in [2.05, 4.69) is 38.1 Å². The molecule has 0 radical (unpaired) electrons. The summed E-state index contributed by atoms with van der Waals surface area (Å²) in [5.74, 6) is 0.889. The minimum absolute atomic E-state index is 0.521. The van der Waals surface area contributed by atoms with Gasteiger partial charge in [-0.05, 0) is 37.0 Å². The van der Waals surface area contributed by atoms with Gasteiger partial charge in [-0.1, -0.05) is 135 Å². The first-order chi connectivity index (χ1) is 29.9. The van der Waals surface area contributed by atoms with Crippen molar-refractivity contribution >= 4 is 0 Å². The van der Waals surface area contributed by atoms with E-state index in [1.165, 1.54) is 121 Å². The van der Waals surface area contributed by atoms with Gasteiger partial charge in [0.2, 0.25) is 0 Å². The van der Waals surface area contributed by atoms with E-state index in [1.54, 1.807) is 0 Å². The lowest BCUT2D eigenvalue weighted by Crippen LogP contribution is -2.15. The second kappa shape index (κ2) is 50.3. The maximum Gasteiger partial charge on any atom is 0.119 e. The molecule has 1 aromatic rings. The van der Waals surface area contributed by atoms with Gasteiger partial charge in [0.1, 0.15) is 12.4 Å². The molecule has 0 N–H and O–H groups in total. The van der Waals surface area contributed by atoms with Gasteiger partial charge in [0.15, 0.2) is 0 Å². The highest BCUT2D eigenvalue weighted by atomic mass is 16.6. The maximum atomic E-state index is 5.79. The zero-order valence-corrected chi connectivity index (χ0v) is 38.8. The Bertz CT molecular complexity index is 923. The highest BCUT2D eigenvalue weighted by molar-refractivity contribution is 5.27. The molecule has 0 saturated heterocycles. The van der Waals surface area contributed by atoms with Crippen LogP contribution < -0.4 is 4.74 Å². The van der Waals surface area contributed by atoms with Crippen LogP contribution in [0.3, 0.4) is 0 Å². The molecule has 354 valence electrons. The summed E-state index contributed by atoms with van der Waals surface area (Å²) >= 11 is 0. The van der Waals surface area contributed by atoms with Crippen molar-refractivity contribution in [2.75, 3.05) is 139 Å². The molecule has 11 heteroatoms. The molecule has 0 spiro atoms.